The number of aromatic nitrogens is 1. The molecule has 0 fully saturated rings. The van der Waals surface area contributed by atoms with Crippen molar-refractivity contribution in [3.63, 3.8) is 0 Å². The second-order valence-electron chi connectivity index (χ2n) is 5.61. The Balaban J connectivity index is 2.16. The zero-order valence-corrected chi connectivity index (χ0v) is 11.2. The van der Waals surface area contributed by atoms with Gasteiger partial charge in [0.2, 0.25) is 0 Å². The van der Waals surface area contributed by atoms with Gasteiger partial charge in [-0.15, -0.1) is 0 Å². The molecule has 0 amide bonds. The van der Waals surface area contributed by atoms with E-state index >= 15 is 0 Å². The van der Waals surface area contributed by atoms with Crippen LogP contribution in [0.3, 0.4) is 0 Å². The second kappa shape index (κ2) is 5.21. The summed E-state index contributed by atoms with van der Waals surface area (Å²) in [4.78, 5) is 4.03. The van der Waals surface area contributed by atoms with Crippen molar-refractivity contribution in [3.05, 3.63) is 48.8 Å². The van der Waals surface area contributed by atoms with Crippen LogP contribution in [0, 0.1) is 5.41 Å². The first-order chi connectivity index (χ1) is 8.54. The average Bonchev–Trinajstić information content (AvgIpc) is 2.37. The van der Waals surface area contributed by atoms with Crippen molar-refractivity contribution in [3.8, 4) is 16.9 Å². The number of pyridine rings is 1. The molecule has 1 aromatic carbocycles. The molecule has 2 rings (SSSR count). The molecule has 0 aliphatic heterocycles. The lowest BCUT2D eigenvalue weighted by atomic mass is 9.98. The summed E-state index contributed by atoms with van der Waals surface area (Å²) in [6.45, 7) is 7.21. The van der Waals surface area contributed by atoms with Crippen LogP contribution in [0.5, 0.6) is 5.75 Å². The molecule has 0 saturated heterocycles. The first-order valence-electron chi connectivity index (χ1n) is 6.18. The predicted molar refractivity (Wildman–Crippen MR) is 74.6 cm³/mol. The smallest absolute Gasteiger partial charge is 0.119 e. The topological polar surface area (TPSA) is 22.1 Å². The third-order valence-electron chi connectivity index (χ3n) is 2.52. The molecule has 0 N–H and O–H groups in total. The maximum Gasteiger partial charge on any atom is 0.119 e. The van der Waals surface area contributed by atoms with E-state index in [1.54, 1.807) is 12.4 Å². The highest BCUT2D eigenvalue weighted by Crippen LogP contribution is 2.24. The maximum absolute atomic E-state index is 5.82. The first-order valence-corrected chi connectivity index (χ1v) is 6.18. The maximum atomic E-state index is 5.82. The van der Waals surface area contributed by atoms with Crippen molar-refractivity contribution < 1.29 is 4.74 Å². The lowest BCUT2D eigenvalue weighted by molar-refractivity contribution is 0.198. The number of ether oxygens (including phenoxy) is 1. The van der Waals surface area contributed by atoms with Crippen LogP contribution < -0.4 is 4.74 Å². The van der Waals surface area contributed by atoms with Crippen molar-refractivity contribution in [1.82, 2.24) is 4.98 Å². The Hall–Kier alpha value is -1.83. The van der Waals surface area contributed by atoms with Crippen LogP contribution in [0.1, 0.15) is 20.8 Å². The molecule has 2 heteroatoms. The van der Waals surface area contributed by atoms with Crippen LogP contribution in [-0.4, -0.2) is 11.6 Å². The van der Waals surface area contributed by atoms with Crippen molar-refractivity contribution >= 4 is 0 Å². The molecule has 94 valence electrons. The molecule has 18 heavy (non-hydrogen) atoms. The second-order valence-corrected chi connectivity index (χ2v) is 5.61. The standard InChI is InChI=1S/C16H19NO/c1-16(2,3)12-18-15-6-4-5-14(11-15)13-7-9-17-10-8-13/h4-11H,12H2,1-3H3. The highest BCUT2D eigenvalue weighted by Gasteiger charge is 2.11. The summed E-state index contributed by atoms with van der Waals surface area (Å²) in [6.07, 6.45) is 3.61. The Labute approximate surface area is 109 Å². The summed E-state index contributed by atoms with van der Waals surface area (Å²) in [5.41, 5.74) is 2.49. The van der Waals surface area contributed by atoms with E-state index in [2.05, 4.69) is 37.9 Å². The summed E-state index contributed by atoms with van der Waals surface area (Å²) in [5.74, 6) is 0.916. The van der Waals surface area contributed by atoms with E-state index in [9.17, 15) is 0 Å². The van der Waals surface area contributed by atoms with E-state index in [1.165, 1.54) is 0 Å². The van der Waals surface area contributed by atoms with Crippen molar-refractivity contribution in [2.75, 3.05) is 6.61 Å². The van der Waals surface area contributed by atoms with Crippen LogP contribution in [-0.2, 0) is 0 Å². The predicted octanol–water partition coefficient (Wildman–Crippen LogP) is 4.17. The van der Waals surface area contributed by atoms with Gasteiger partial charge in [0.05, 0.1) is 6.61 Å². The minimum absolute atomic E-state index is 0.173. The first kappa shape index (κ1) is 12.6. The number of hydrogen-bond donors (Lipinski definition) is 0. The normalized spacial score (nSPS) is 11.3. The fourth-order valence-electron chi connectivity index (χ4n) is 1.61. The third kappa shape index (κ3) is 3.59. The lowest BCUT2D eigenvalue weighted by Gasteiger charge is -2.19. The fourth-order valence-corrected chi connectivity index (χ4v) is 1.61. The van der Waals surface area contributed by atoms with Gasteiger partial charge >= 0.3 is 0 Å². The Morgan fingerprint density at radius 1 is 1.00 bits per heavy atom. The van der Waals surface area contributed by atoms with Gasteiger partial charge in [-0.3, -0.25) is 4.98 Å². The van der Waals surface area contributed by atoms with Crippen LogP contribution in [0.2, 0.25) is 0 Å². The van der Waals surface area contributed by atoms with Gasteiger partial charge in [0.25, 0.3) is 0 Å². The quantitative estimate of drug-likeness (QED) is 0.804. The highest BCUT2D eigenvalue weighted by molar-refractivity contribution is 5.64. The Morgan fingerprint density at radius 3 is 2.39 bits per heavy atom. The number of benzene rings is 1. The molecule has 0 saturated carbocycles. The Morgan fingerprint density at radius 2 is 1.72 bits per heavy atom. The SMILES string of the molecule is CC(C)(C)COc1cccc(-c2ccncc2)c1. The van der Waals surface area contributed by atoms with E-state index in [4.69, 9.17) is 4.74 Å². The fraction of sp³-hybridized carbons (Fsp3) is 0.312. The molecule has 0 radical (unpaired) electrons. The number of hydrogen-bond acceptors (Lipinski definition) is 2. The van der Waals surface area contributed by atoms with Crippen LogP contribution in [0.4, 0.5) is 0 Å². The minimum atomic E-state index is 0.173. The molecule has 0 bridgehead atoms. The molecule has 2 aromatic rings. The van der Waals surface area contributed by atoms with E-state index in [1.807, 2.05) is 24.3 Å². The molecule has 1 heterocycles. The summed E-state index contributed by atoms with van der Waals surface area (Å²) in [7, 11) is 0. The van der Waals surface area contributed by atoms with Crippen LogP contribution >= 0.6 is 0 Å². The summed E-state index contributed by atoms with van der Waals surface area (Å²) in [6, 6.07) is 12.2. The zero-order chi connectivity index (χ0) is 13.0. The largest absolute Gasteiger partial charge is 0.493 e. The van der Waals surface area contributed by atoms with E-state index < -0.39 is 0 Å². The number of rotatable bonds is 3. The molecule has 1 aromatic heterocycles. The number of nitrogens with zero attached hydrogens (tertiary/aromatic N) is 1. The van der Waals surface area contributed by atoms with E-state index in [-0.39, 0.29) is 5.41 Å². The highest BCUT2D eigenvalue weighted by atomic mass is 16.5. The Kier molecular flexibility index (Phi) is 3.66. The molecule has 0 aliphatic rings. The molecule has 2 nitrogen and oxygen atoms in total. The van der Waals surface area contributed by atoms with Crippen molar-refractivity contribution in [2.45, 2.75) is 20.8 Å². The van der Waals surface area contributed by atoms with Gasteiger partial charge in [0.1, 0.15) is 5.75 Å². The molecular formula is C16H19NO. The van der Waals surface area contributed by atoms with Gasteiger partial charge in [-0.1, -0.05) is 32.9 Å². The van der Waals surface area contributed by atoms with Crippen LogP contribution in [0.15, 0.2) is 48.8 Å². The van der Waals surface area contributed by atoms with Crippen molar-refractivity contribution in [1.29, 1.82) is 0 Å². The van der Waals surface area contributed by atoms with Gasteiger partial charge < -0.3 is 4.74 Å². The molecule has 0 unspecified atom stereocenters. The van der Waals surface area contributed by atoms with Gasteiger partial charge in [-0.25, -0.2) is 0 Å². The molecular weight excluding hydrogens is 222 g/mol. The summed E-state index contributed by atoms with van der Waals surface area (Å²) < 4.78 is 5.82. The van der Waals surface area contributed by atoms with E-state index in [0.29, 0.717) is 6.61 Å². The molecule has 0 spiro atoms. The molecule has 0 aliphatic carbocycles. The summed E-state index contributed by atoms with van der Waals surface area (Å²) >= 11 is 0. The summed E-state index contributed by atoms with van der Waals surface area (Å²) in [5, 5.41) is 0. The third-order valence-corrected chi connectivity index (χ3v) is 2.52. The Bertz CT molecular complexity index is 500. The molecule has 0 atom stereocenters. The monoisotopic (exact) mass is 241 g/mol. The van der Waals surface area contributed by atoms with E-state index in [0.717, 1.165) is 16.9 Å². The van der Waals surface area contributed by atoms with Gasteiger partial charge in [0.15, 0.2) is 0 Å². The van der Waals surface area contributed by atoms with Gasteiger partial charge in [0, 0.05) is 12.4 Å². The minimum Gasteiger partial charge on any atom is -0.493 e. The lowest BCUT2D eigenvalue weighted by Crippen LogP contribution is -2.16. The van der Waals surface area contributed by atoms with Crippen molar-refractivity contribution in [2.24, 2.45) is 5.41 Å². The van der Waals surface area contributed by atoms with Gasteiger partial charge in [-0.2, -0.15) is 0 Å². The zero-order valence-electron chi connectivity index (χ0n) is 11.2. The van der Waals surface area contributed by atoms with Gasteiger partial charge in [-0.05, 0) is 40.8 Å². The van der Waals surface area contributed by atoms with Crippen LogP contribution in [0.25, 0.3) is 11.1 Å². The average molecular weight is 241 g/mol.